The van der Waals surface area contributed by atoms with Crippen molar-refractivity contribution in [2.75, 3.05) is 5.73 Å². The maximum atomic E-state index is 6.26. The average molecular weight is 247 g/mol. The Bertz CT molecular complexity index is 696. The van der Waals surface area contributed by atoms with Crippen LogP contribution in [-0.4, -0.2) is 14.8 Å². The van der Waals surface area contributed by atoms with Crippen molar-refractivity contribution in [2.24, 2.45) is 7.05 Å². The van der Waals surface area contributed by atoms with E-state index >= 15 is 0 Å². The average Bonchev–Trinajstić information content (AvgIpc) is 2.86. The van der Waals surface area contributed by atoms with E-state index in [9.17, 15) is 0 Å². The predicted molar refractivity (Wildman–Crippen MR) is 69.9 cm³/mol. The van der Waals surface area contributed by atoms with E-state index in [0.717, 1.165) is 27.1 Å². The van der Waals surface area contributed by atoms with Crippen molar-refractivity contribution in [3.8, 4) is 11.1 Å². The van der Waals surface area contributed by atoms with Crippen LogP contribution < -0.4 is 5.73 Å². The lowest BCUT2D eigenvalue weighted by Gasteiger charge is -2.04. The highest BCUT2D eigenvalue weighted by atomic mass is 35.5. The van der Waals surface area contributed by atoms with E-state index in [-0.39, 0.29) is 0 Å². The van der Waals surface area contributed by atoms with Crippen LogP contribution in [0.1, 0.15) is 0 Å². The van der Waals surface area contributed by atoms with E-state index < -0.39 is 0 Å². The van der Waals surface area contributed by atoms with Gasteiger partial charge in [-0.25, -0.2) is 0 Å². The second kappa shape index (κ2) is 3.53. The third-order valence-electron chi connectivity index (χ3n) is 2.93. The van der Waals surface area contributed by atoms with Gasteiger partial charge in [0.05, 0.1) is 11.2 Å². The van der Waals surface area contributed by atoms with Gasteiger partial charge in [0.25, 0.3) is 0 Å². The Morgan fingerprint density at radius 2 is 2.24 bits per heavy atom. The number of hydrogen-bond acceptors (Lipinski definition) is 2. The summed E-state index contributed by atoms with van der Waals surface area (Å²) in [6, 6.07) is 5.97. The fraction of sp³-hybridized carbons (Fsp3) is 0.0833. The lowest BCUT2D eigenvalue weighted by atomic mass is 10.1. The van der Waals surface area contributed by atoms with Crippen LogP contribution in [0.5, 0.6) is 0 Å². The molecule has 2 heterocycles. The number of aromatic nitrogens is 3. The van der Waals surface area contributed by atoms with Crippen LogP contribution in [0.4, 0.5) is 5.82 Å². The summed E-state index contributed by atoms with van der Waals surface area (Å²) in [5.74, 6) is 0.551. The normalized spacial score (nSPS) is 11.2. The molecule has 0 radical (unpaired) electrons. The van der Waals surface area contributed by atoms with E-state index in [0.29, 0.717) is 5.82 Å². The number of fused-ring (bicyclic) bond motifs is 1. The molecule has 0 saturated heterocycles. The Labute approximate surface area is 103 Å². The molecule has 0 spiro atoms. The summed E-state index contributed by atoms with van der Waals surface area (Å²) in [6.45, 7) is 0. The standard InChI is InChI=1S/C12H11ClN4/c1-17-3-2-8-10(13)4-7(5-11(8)17)9-6-15-16-12(9)14/h2-6H,1H3,(H3,14,15,16). The molecule has 17 heavy (non-hydrogen) atoms. The van der Waals surface area contributed by atoms with E-state index in [1.165, 1.54) is 0 Å². The number of H-pyrrole nitrogens is 1. The number of halogens is 1. The quantitative estimate of drug-likeness (QED) is 0.694. The highest BCUT2D eigenvalue weighted by Crippen LogP contribution is 2.32. The van der Waals surface area contributed by atoms with Gasteiger partial charge in [0.1, 0.15) is 5.82 Å². The zero-order valence-corrected chi connectivity index (χ0v) is 9.99. The van der Waals surface area contributed by atoms with Crippen molar-refractivity contribution in [3.05, 3.63) is 35.6 Å². The van der Waals surface area contributed by atoms with Gasteiger partial charge >= 0.3 is 0 Å². The van der Waals surface area contributed by atoms with Crippen LogP contribution in [0.2, 0.25) is 5.02 Å². The molecule has 4 nitrogen and oxygen atoms in total. The molecule has 2 aromatic heterocycles. The Hall–Kier alpha value is -1.94. The molecule has 86 valence electrons. The molecule has 1 aromatic carbocycles. The number of nitrogens with two attached hydrogens (primary N) is 1. The molecule has 5 heteroatoms. The second-order valence-corrected chi connectivity index (χ2v) is 4.42. The molecule has 0 saturated carbocycles. The summed E-state index contributed by atoms with van der Waals surface area (Å²) < 4.78 is 2.03. The Morgan fingerprint density at radius 3 is 2.94 bits per heavy atom. The molecule has 3 rings (SSSR count). The number of hydrogen-bond donors (Lipinski definition) is 2. The summed E-state index contributed by atoms with van der Waals surface area (Å²) >= 11 is 6.26. The first-order valence-electron chi connectivity index (χ1n) is 5.20. The lowest BCUT2D eigenvalue weighted by molar-refractivity contribution is 0.969. The molecule has 0 aliphatic heterocycles. The monoisotopic (exact) mass is 246 g/mol. The molecular formula is C12H11ClN4. The zero-order valence-electron chi connectivity index (χ0n) is 9.24. The number of anilines is 1. The van der Waals surface area contributed by atoms with Gasteiger partial charge in [0, 0.05) is 29.7 Å². The Morgan fingerprint density at radius 1 is 1.41 bits per heavy atom. The van der Waals surface area contributed by atoms with Gasteiger partial charge in [0.15, 0.2) is 0 Å². The number of nitrogens with one attached hydrogen (secondary N) is 1. The van der Waals surface area contributed by atoms with E-state index in [1.54, 1.807) is 6.20 Å². The summed E-state index contributed by atoms with van der Waals surface area (Å²) in [4.78, 5) is 0. The third-order valence-corrected chi connectivity index (χ3v) is 3.25. The largest absolute Gasteiger partial charge is 0.384 e. The third kappa shape index (κ3) is 1.49. The fourth-order valence-corrected chi connectivity index (χ4v) is 2.29. The highest BCUT2D eigenvalue weighted by molar-refractivity contribution is 6.35. The van der Waals surface area contributed by atoms with Crippen molar-refractivity contribution in [2.45, 2.75) is 0 Å². The number of aryl methyl sites for hydroxylation is 1. The van der Waals surface area contributed by atoms with Crippen molar-refractivity contribution in [3.63, 3.8) is 0 Å². The molecule has 0 unspecified atom stereocenters. The van der Waals surface area contributed by atoms with Gasteiger partial charge in [-0.1, -0.05) is 11.6 Å². The molecule has 3 aromatic rings. The smallest absolute Gasteiger partial charge is 0.126 e. The molecule has 0 bridgehead atoms. The summed E-state index contributed by atoms with van der Waals surface area (Å²) in [7, 11) is 1.99. The molecule has 0 aliphatic carbocycles. The van der Waals surface area contributed by atoms with Crippen molar-refractivity contribution in [1.82, 2.24) is 14.8 Å². The van der Waals surface area contributed by atoms with Crippen molar-refractivity contribution in [1.29, 1.82) is 0 Å². The molecule has 0 fully saturated rings. The Kier molecular flexibility index (Phi) is 2.12. The van der Waals surface area contributed by atoms with Crippen LogP contribution >= 0.6 is 11.6 Å². The van der Waals surface area contributed by atoms with Crippen molar-refractivity contribution < 1.29 is 0 Å². The minimum atomic E-state index is 0.551. The maximum absolute atomic E-state index is 6.26. The number of rotatable bonds is 1. The zero-order chi connectivity index (χ0) is 12.0. The van der Waals surface area contributed by atoms with Gasteiger partial charge in [-0.3, -0.25) is 5.10 Å². The van der Waals surface area contributed by atoms with Crippen LogP contribution in [0.25, 0.3) is 22.0 Å². The summed E-state index contributed by atoms with van der Waals surface area (Å²) in [6.07, 6.45) is 3.69. The Balaban J connectivity index is 2.32. The van der Waals surface area contributed by atoms with Crippen LogP contribution in [-0.2, 0) is 7.05 Å². The number of aromatic amines is 1. The first-order chi connectivity index (χ1) is 8.16. The number of benzene rings is 1. The summed E-state index contributed by atoms with van der Waals surface area (Å²) in [5.41, 5.74) is 8.73. The first kappa shape index (κ1) is 10.2. The molecule has 0 amide bonds. The van der Waals surface area contributed by atoms with E-state index in [4.69, 9.17) is 17.3 Å². The molecular weight excluding hydrogens is 236 g/mol. The van der Waals surface area contributed by atoms with Gasteiger partial charge in [-0.15, -0.1) is 0 Å². The highest BCUT2D eigenvalue weighted by Gasteiger charge is 2.10. The minimum Gasteiger partial charge on any atom is -0.384 e. The van der Waals surface area contributed by atoms with Gasteiger partial charge in [-0.05, 0) is 23.8 Å². The topological polar surface area (TPSA) is 59.6 Å². The van der Waals surface area contributed by atoms with Crippen LogP contribution in [0.3, 0.4) is 0 Å². The fourth-order valence-electron chi connectivity index (χ4n) is 2.01. The maximum Gasteiger partial charge on any atom is 0.126 e. The first-order valence-corrected chi connectivity index (χ1v) is 5.58. The van der Waals surface area contributed by atoms with Crippen molar-refractivity contribution >= 4 is 28.3 Å². The lowest BCUT2D eigenvalue weighted by Crippen LogP contribution is -1.89. The van der Waals surface area contributed by atoms with E-state index in [1.807, 2.05) is 29.9 Å². The SMILES string of the molecule is Cn1ccc2c(Cl)cc(-c3cn[nH]c3N)cc21. The van der Waals surface area contributed by atoms with Crippen LogP contribution in [0, 0.1) is 0 Å². The van der Waals surface area contributed by atoms with Gasteiger partial charge < -0.3 is 10.3 Å². The molecule has 3 N–H and O–H groups in total. The second-order valence-electron chi connectivity index (χ2n) is 4.01. The molecule has 0 atom stereocenters. The van der Waals surface area contributed by atoms with Gasteiger partial charge in [-0.2, -0.15) is 5.10 Å². The summed E-state index contributed by atoms with van der Waals surface area (Å²) in [5, 5.41) is 8.40. The number of nitrogen functional groups attached to an aromatic ring is 1. The van der Waals surface area contributed by atoms with E-state index in [2.05, 4.69) is 16.3 Å². The number of nitrogens with zero attached hydrogens (tertiary/aromatic N) is 2. The van der Waals surface area contributed by atoms with Crippen LogP contribution in [0.15, 0.2) is 30.6 Å². The van der Waals surface area contributed by atoms with Gasteiger partial charge in [0.2, 0.25) is 0 Å². The molecule has 0 aliphatic rings. The minimum absolute atomic E-state index is 0.551. The predicted octanol–water partition coefficient (Wildman–Crippen LogP) is 2.80.